The van der Waals surface area contributed by atoms with E-state index in [1.54, 1.807) is 0 Å². The van der Waals surface area contributed by atoms with Crippen LogP contribution in [0.4, 0.5) is 4.79 Å². The topological polar surface area (TPSA) is 95.4 Å². The Kier molecular flexibility index (Phi) is 5.64. The van der Waals surface area contributed by atoms with E-state index in [1.165, 1.54) is 0 Å². The van der Waals surface area contributed by atoms with Gasteiger partial charge in [-0.2, -0.15) is 0 Å². The van der Waals surface area contributed by atoms with Crippen molar-refractivity contribution in [2.24, 2.45) is 5.11 Å². The second-order valence-corrected chi connectivity index (χ2v) is 12.6. The molecule has 1 aliphatic heterocycles. The number of carbonyl (C=O) groups excluding carboxylic acids is 2. The van der Waals surface area contributed by atoms with Crippen LogP contribution in [0.15, 0.2) is 35.4 Å². The Morgan fingerprint density at radius 2 is 2.08 bits per heavy atom. The molecule has 0 bridgehead atoms. The average molecular weight is 346 g/mol. The third kappa shape index (κ3) is 4.59. The van der Waals surface area contributed by atoms with E-state index in [4.69, 9.17) is 10.3 Å². The summed E-state index contributed by atoms with van der Waals surface area (Å²) in [4.78, 5) is 28.8. The minimum absolute atomic E-state index is 0.162. The van der Waals surface area contributed by atoms with Gasteiger partial charge in [-0.05, 0) is 23.6 Å². The number of hydrogen-bond donors (Lipinski definition) is 0. The predicted molar refractivity (Wildman–Crippen MR) is 93.2 cm³/mol. The monoisotopic (exact) mass is 346 g/mol. The van der Waals surface area contributed by atoms with Crippen LogP contribution in [-0.4, -0.2) is 43.7 Å². The van der Waals surface area contributed by atoms with E-state index in [-0.39, 0.29) is 12.6 Å². The Hall–Kier alpha value is -2.31. The van der Waals surface area contributed by atoms with Gasteiger partial charge in [0.25, 0.3) is 0 Å². The zero-order valence-electron chi connectivity index (χ0n) is 14.2. The van der Waals surface area contributed by atoms with Crippen LogP contribution in [0, 0.1) is 0 Å². The molecule has 2 amide bonds. The molecular weight excluding hydrogens is 324 g/mol. The van der Waals surface area contributed by atoms with Gasteiger partial charge in [-0.15, -0.1) is 0 Å². The highest BCUT2D eigenvalue weighted by molar-refractivity contribution is 6.76. The van der Waals surface area contributed by atoms with Crippen LogP contribution in [-0.2, 0) is 16.0 Å². The van der Waals surface area contributed by atoms with Gasteiger partial charge in [0.05, 0.1) is 6.04 Å². The highest BCUT2D eigenvalue weighted by atomic mass is 28.3. The van der Waals surface area contributed by atoms with E-state index in [0.29, 0.717) is 12.5 Å². The minimum Gasteiger partial charge on any atom is -0.447 e. The van der Waals surface area contributed by atoms with E-state index in [1.807, 2.05) is 30.3 Å². The Bertz CT molecular complexity index is 653. The van der Waals surface area contributed by atoms with E-state index in [2.05, 4.69) is 29.7 Å². The molecule has 1 fully saturated rings. The number of imide groups is 1. The van der Waals surface area contributed by atoms with Gasteiger partial charge in [0.1, 0.15) is 12.6 Å². The van der Waals surface area contributed by atoms with Gasteiger partial charge < -0.3 is 4.74 Å². The number of carbonyl (C=O) groups is 2. The molecule has 1 aromatic rings. The molecule has 2 atom stereocenters. The van der Waals surface area contributed by atoms with Gasteiger partial charge in [0.15, 0.2) is 0 Å². The van der Waals surface area contributed by atoms with Crippen LogP contribution in [0.3, 0.4) is 0 Å². The molecule has 0 radical (unpaired) electrons. The summed E-state index contributed by atoms with van der Waals surface area (Å²) in [6.45, 7) is 6.42. The zero-order valence-corrected chi connectivity index (χ0v) is 15.2. The van der Waals surface area contributed by atoms with Crippen LogP contribution >= 0.6 is 0 Å². The maximum atomic E-state index is 12.8. The van der Waals surface area contributed by atoms with Crippen LogP contribution in [0.25, 0.3) is 10.4 Å². The molecule has 0 saturated carbocycles. The molecular formula is C16H22N4O3Si. The van der Waals surface area contributed by atoms with Crippen molar-refractivity contribution in [2.75, 3.05) is 6.61 Å². The average Bonchev–Trinajstić information content (AvgIpc) is 2.86. The molecule has 0 aromatic heterocycles. The predicted octanol–water partition coefficient (Wildman–Crippen LogP) is 3.59. The maximum Gasteiger partial charge on any atom is 0.416 e. The molecule has 8 heteroatoms. The number of ether oxygens (including phenoxy) is 1. The SMILES string of the molecule is C[Si](C)(C)C[C@H](N=[N+]=[N-])C(=O)N1C(=O)OC[C@@H]1Cc1ccccc1. The Morgan fingerprint density at radius 3 is 2.67 bits per heavy atom. The lowest BCUT2D eigenvalue weighted by molar-refractivity contribution is -0.130. The highest BCUT2D eigenvalue weighted by Crippen LogP contribution is 2.23. The van der Waals surface area contributed by atoms with Gasteiger partial charge in [-0.3, -0.25) is 4.79 Å². The van der Waals surface area contributed by atoms with Crippen molar-refractivity contribution in [1.82, 2.24) is 4.90 Å². The first-order valence-corrected chi connectivity index (χ1v) is 11.6. The summed E-state index contributed by atoms with van der Waals surface area (Å²) >= 11 is 0. The van der Waals surface area contributed by atoms with Crippen molar-refractivity contribution < 1.29 is 14.3 Å². The van der Waals surface area contributed by atoms with Crippen molar-refractivity contribution in [2.45, 2.75) is 44.2 Å². The first-order chi connectivity index (χ1) is 11.3. The van der Waals surface area contributed by atoms with Crippen LogP contribution in [0.2, 0.25) is 25.7 Å². The quantitative estimate of drug-likeness (QED) is 0.341. The third-order valence-corrected chi connectivity index (χ3v) is 5.41. The molecule has 1 saturated heterocycles. The third-order valence-electron chi connectivity index (χ3n) is 3.79. The number of azide groups is 1. The van der Waals surface area contributed by atoms with E-state index >= 15 is 0 Å². The highest BCUT2D eigenvalue weighted by Gasteiger charge is 2.41. The standard InChI is InChI=1S/C16H22N4O3Si/c1-24(2,3)11-14(18-19-17)15(21)20-13(10-23-16(20)22)9-12-7-5-4-6-8-12/h4-8,13-14H,9-11H2,1-3H3/t13-,14-/m0/s1. The lowest BCUT2D eigenvalue weighted by Gasteiger charge is -2.26. The Labute approximate surface area is 142 Å². The van der Waals surface area contributed by atoms with Gasteiger partial charge in [0, 0.05) is 13.0 Å². The summed E-state index contributed by atoms with van der Waals surface area (Å²) in [5.74, 6) is -0.460. The molecule has 24 heavy (non-hydrogen) atoms. The fraction of sp³-hybridized carbons (Fsp3) is 0.500. The van der Waals surface area contributed by atoms with Crippen molar-refractivity contribution in [1.29, 1.82) is 0 Å². The van der Waals surface area contributed by atoms with Crippen LogP contribution in [0.5, 0.6) is 0 Å². The van der Waals surface area contributed by atoms with Gasteiger partial charge in [-0.25, -0.2) is 9.69 Å². The molecule has 128 valence electrons. The summed E-state index contributed by atoms with van der Waals surface area (Å²) in [5.41, 5.74) is 9.80. The number of nitrogens with zero attached hydrogens (tertiary/aromatic N) is 4. The van der Waals surface area contributed by atoms with Crippen LogP contribution < -0.4 is 0 Å². The molecule has 1 aliphatic rings. The normalized spacial score (nSPS) is 18.7. The van der Waals surface area contributed by atoms with Crippen LogP contribution in [0.1, 0.15) is 5.56 Å². The number of amides is 2. The van der Waals surface area contributed by atoms with Crippen molar-refractivity contribution in [3.63, 3.8) is 0 Å². The summed E-state index contributed by atoms with van der Waals surface area (Å²) in [5, 5.41) is 3.65. The number of rotatable bonds is 6. The van der Waals surface area contributed by atoms with Gasteiger partial charge >= 0.3 is 6.09 Å². The molecule has 0 unspecified atom stereocenters. The van der Waals surface area contributed by atoms with E-state index in [9.17, 15) is 9.59 Å². The fourth-order valence-electron chi connectivity index (χ4n) is 2.75. The molecule has 7 nitrogen and oxygen atoms in total. The number of cyclic esters (lactones) is 1. The lowest BCUT2D eigenvalue weighted by atomic mass is 10.1. The van der Waals surface area contributed by atoms with Crippen molar-refractivity contribution >= 4 is 20.1 Å². The van der Waals surface area contributed by atoms with Crippen molar-refractivity contribution in [3.8, 4) is 0 Å². The molecule has 1 aromatic carbocycles. The molecule has 0 spiro atoms. The Balaban J connectivity index is 2.19. The summed E-state index contributed by atoms with van der Waals surface area (Å²) < 4.78 is 5.07. The minimum atomic E-state index is -1.65. The lowest BCUT2D eigenvalue weighted by Crippen LogP contribution is -2.46. The largest absolute Gasteiger partial charge is 0.447 e. The second kappa shape index (κ2) is 7.50. The van der Waals surface area contributed by atoms with E-state index in [0.717, 1.165) is 10.5 Å². The fourth-order valence-corrected chi connectivity index (χ4v) is 4.16. The summed E-state index contributed by atoms with van der Waals surface area (Å²) in [6, 6.07) is 8.89. The first kappa shape index (κ1) is 18.0. The molecule has 1 heterocycles. The van der Waals surface area contributed by atoms with Crippen molar-refractivity contribution in [3.05, 3.63) is 46.3 Å². The summed E-state index contributed by atoms with van der Waals surface area (Å²) in [7, 11) is -1.65. The number of hydrogen-bond acceptors (Lipinski definition) is 4. The van der Waals surface area contributed by atoms with Gasteiger partial charge in [-0.1, -0.05) is 55.1 Å². The van der Waals surface area contributed by atoms with Gasteiger partial charge in [0.2, 0.25) is 5.91 Å². The smallest absolute Gasteiger partial charge is 0.416 e. The zero-order chi connectivity index (χ0) is 17.7. The first-order valence-electron chi connectivity index (χ1n) is 7.90. The summed E-state index contributed by atoms with van der Waals surface area (Å²) in [6.07, 6.45) is -0.136. The second-order valence-electron chi connectivity index (χ2n) is 7.11. The number of benzene rings is 1. The molecule has 2 rings (SSSR count). The molecule has 0 aliphatic carbocycles. The van der Waals surface area contributed by atoms with E-state index < -0.39 is 26.1 Å². The Morgan fingerprint density at radius 1 is 1.42 bits per heavy atom. The molecule has 0 N–H and O–H groups in total. The maximum absolute atomic E-state index is 12.8.